The molecule has 1 N–H and O–H groups in total. The smallest absolute Gasteiger partial charge is 0.274 e. The molecule has 0 aliphatic rings. The predicted molar refractivity (Wildman–Crippen MR) is 103 cm³/mol. The molecule has 0 unspecified atom stereocenters. The molecule has 1 aromatic carbocycles. The topological polar surface area (TPSA) is 58.1 Å². The van der Waals surface area contributed by atoms with Crippen molar-refractivity contribution in [3.8, 4) is 0 Å². The molecule has 5 heteroatoms. The number of aromatic nitrogens is 2. The third kappa shape index (κ3) is 5.28. The Balaban J connectivity index is 2.08. The maximum atomic E-state index is 12.5. The number of unbranched alkanes of at least 4 members (excludes halogenated alkanes) is 1. The van der Waals surface area contributed by atoms with Crippen LogP contribution in [-0.4, -0.2) is 29.5 Å². The van der Waals surface area contributed by atoms with Gasteiger partial charge >= 0.3 is 0 Å². The predicted octanol–water partition coefficient (Wildman–Crippen LogP) is 4.26. The van der Waals surface area contributed by atoms with E-state index >= 15 is 0 Å². The van der Waals surface area contributed by atoms with Gasteiger partial charge in [0.25, 0.3) is 5.91 Å². The first-order chi connectivity index (χ1) is 11.8. The molecule has 1 amide bonds. The van der Waals surface area contributed by atoms with Gasteiger partial charge in [-0.25, -0.2) is 9.97 Å². The number of amides is 1. The summed E-state index contributed by atoms with van der Waals surface area (Å²) in [6.07, 6.45) is 3.64. The Morgan fingerprint density at radius 3 is 2.44 bits per heavy atom. The van der Waals surface area contributed by atoms with Gasteiger partial charge < -0.3 is 10.2 Å². The lowest BCUT2D eigenvalue weighted by Gasteiger charge is -2.19. The van der Waals surface area contributed by atoms with E-state index in [-0.39, 0.29) is 11.3 Å². The number of nitrogens with one attached hydrogen (secondary N) is 1. The second-order valence-electron chi connectivity index (χ2n) is 7.32. The Bertz CT molecular complexity index is 704. The maximum absolute atomic E-state index is 12.5. The van der Waals surface area contributed by atoms with Gasteiger partial charge in [0.1, 0.15) is 17.8 Å². The zero-order chi connectivity index (χ0) is 18.4. The molecule has 5 nitrogen and oxygen atoms in total. The molecule has 1 heterocycles. The van der Waals surface area contributed by atoms with Gasteiger partial charge in [-0.2, -0.15) is 0 Å². The van der Waals surface area contributed by atoms with Crippen molar-refractivity contribution in [3.05, 3.63) is 47.9 Å². The average Bonchev–Trinajstić information content (AvgIpc) is 2.59. The monoisotopic (exact) mass is 340 g/mol. The van der Waals surface area contributed by atoms with Crippen LogP contribution in [0.5, 0.6) is 0 Å². The van der Waals surface area contributed by atoms with Crippen molar-refractivity contribution in [3.63, 3.8) is 0 Å². The van der Waals surface area contributed by atoms with Crippen LogP contribution in [0.1, 0.15) is 56.6 Å². The number of rotatable bonds is 6. The Labute approximate surface area is 150 Å². The van der Waals surface area contributed by atoms with Crippen LogP contribution >= 0.6 is 0 Å². The standard InChI is InChI=1S/C20H28N4O/c1-6-7-12-24(5)18-13-17(21-14-22-18)19(25)23-16-10-8-15(9-11-16)20(2,3)4/h8-11,13-14H,6-7,12H2,1-5H3,(H,23,25). The number of hydrogen-bond acceptors (Lipinski definition) is 4. The van der Waals surface area contributed by atoms with Gasteiger partial charge in [-0.15, -0.1) is 0 Å². The van der Waals surface area contributed by atoms with E-state index in [9.17, 15) is 4.79 Å². The molecule has 0 spiro atoms. The van der Waals surface area contributed by atoms with E-state index in [0.717, 1.165) is 30.9 Å². The molecule has 0 atom stereocenters. The molecular weight excluding hydrogens is 312 g/mol. The van der Waals surface area contributed by atoms with Crippen molar-refractivity contribution in [1.82, 2.24) is 9.97 Å². The fourth-order valence-corrected chi connectivity index (χ4v) is 2.44. The normalized spacial score (nSPS) is 11.2. The van der Waals surface area contributed by atoms with Gasteiger partial charge in [-0.05, 0) is 29.5 Å². The Morgan fingerprint density at radius 2 is 1.84 bits per heavy atom. The highest BCUT2D eigenvalue weighted by Gasteiger charge is 2.14. The van der Waals surface area contributed by atoms with Crippen LogP contribution in [-0.2, 0) is 5.41 Å². The van der Waals surface area contributed by atoms with E-state index < -0.39 is 0 Å². The van der Waals surface area contributed by atoms with Gasteiger partial charge in [-0.1, -0.05) is 46.2 Å². The van der Waals surface area contributed by atoms with E-state index in [0.29, 0.717) is 5.69 Å². The maximum Gasteiger partial charge on any atom is 0.274 e. The van der Waals surface area contributed by atoms with E-state index in [1.807, 2.05) is 36.2 Å². The molecule has 0 aliphatic carbocycles. The zero-order valence-electron chi connectivity index (χ0n) is 15.8. The molecule has 2 aromatic rings. The first-order valence-corrected chi connectivity index (χ1v) is 8.76. The fourth-order valence-electron chi connectivity index (χ4n) is 2.44. The largest absolute Gasteiger partial charge is 0.360 e. The molecule has 0 aliphatic heterocycles. The summed E-state index contributed by atoms with van der Waals surface area (Å²) in [5.74, 6) is 0.535. The molecule has 0 bridgehead atoms. The van der Waals surface area contributed by atoms with Crippen molar-refractivity contribution in [1.29, 1.82) is 0 Å². The second kappa shape index (κ2) is 8.10. The molecule has 2 rings (SSSR count). The van der Waals surface area contributed by atoms with Gasteiger partial charge in [0, 0.05) is 25.3 Å². The highest BCUT2D eigenvalue weighted by molar-refractivity contribution is 6.03. The molecule has 1 aromatic heterocycles. The van der Waals surface area contributed by atoms with Crippen LogP contribution in [0, 0.1) is 0 Å². The Hall–Kier alpha value is -2.43. The van der Waals surface area contributed by atoms with Gasteiger partial charge in [0.05, 0.1) is 0 Å². The SMILES string of the molecule is CCCCN(C)c1cc(C(=O)Nc2ccc(C(C)(C)C)cc2)ncn1. The second-order valence-corrected chi connectivity index (χ2v) is 7.32. The van der Waals surface area contributed by atoms with E-state index in [1.54, 1.807) is 6.07 Å². The molecule has 134 valence electrons. The lowest BCUT2D eigenvalue weighted by molar-refractivity contribution is 0.102. The van der Waals surface area contributed by atoms with Crippen LogP contribution < -0.4 is 10.2 Å². The van der Waals surface area contributed by atoms with Crippen molar-refractivity contribution in [2.75, 3.05) is 23.8 Å². The number of nitrogens with zero attached hydrogens (tertiary/aromatic N) is 3. The summed E-state index contributed by atoms with van der Waals surface area (Å²) in [5.41, 5.74) is 2.45. The first-order valence-electron chi connectivity index (χ1n) is 8.76. The number of carbonyl (C=O) groups excluding carboxylic acids is 1. The quantitative estimate of drug-likeness (QED) is 0.853. The number of anilines is 2. The molecule has 0 radical (unpaired) electrons. The highest BCUT2D eigenvalue weighted by Crippen LogP contribution is 2.23. The van der Waals surface area contributed by atoms with Crippen LogP contribution in [0.25, 0.3) is 0 Å². The molecule has 0 saturated carbocycles. The summed E-state index contributed by atoms with van der Waals surface area (Å²) in [6.45, 7) is 9.55. The van der Waals surface area contributed by atoms with E-state index in [4.69, 9.17) is 0 Å². The summed E-state index contributed by atoms with van der Waals surface area (Å²) >= 11 is 0. The van der Waals surface area contributed by atoms with Crippen LogP contribution in [0.3, 0.4) is 0 Å². The summed E-state index contributed by atoms with van der Waals surface area (Å²) in [5, 5.41) is 2.90. The zero-order valence-corrected chi connectivity index (χ0v) is 15.8. The summed E-state index contributed by atoms with van der Waals surface area (Å²) < 4.78 is 0. The molecular formula is C20H28N4O. The fraction of sp³-hybridized carbons (Fsp3) is 0.450. The average molecular weight is 340 g/mol. The first kappa shape index (κ1) is 18.9. The van der Waals surface area contributed by atoms with Gasteiger partial charge in [0.2, 0.25) is 0 Å². The van der Waals surface area contributed by atoms with E-state index in [2.05, 4.69) is 43.0 Å². The van der Waals surface area contributed by atoms with Crippen molar-refractivity contribution in [2.45, 2.75) is 46.0 Å². The minimum atomic E-state index is -0.226. The molecule has 0 saturated heterocycles. The molecule has 0 fully saturated rings. The third-order valence-corrected chi connectivity index (χ3v) is 4.13. The van der Waals surface area contributed by atoms with Gasteiger partial charge in [-0.3, -0.25) is 4.79 Å². The van der Waals surface area contributed by atoms with Crippen LogP contribution in [0.2, 0.25) is 0 Å². The number of hydrogen-bond donors (Lipinski definition) is 1. The number of carbonyl (C=O) groups is 1. The summed E-state index contributed by atoms with van der Waals surface area (Å²) in [4.78, 5) is 22.9. The van der Waals surface area contributed by atoms with E-state index in [1.165, 1.54) is 11.9 Å². The minimum Gasteiger partial charge on any atom is -0.360 e. The number of benzene rings is 1. The summed E-state index contributed by atoms with van der Waals surface area (Å²) in [6, 6.07) is 9.66. The van der Waals surface area contributed by atoms with Crippen LogP contribution in [0.4, 0.5) is 11.5 Å². The molecule has 25 heavy (non-hydrogen) atoms. The van der Waals surface area contributed by atoms with Crippen molar-refractivity contribution >= 4 is 17.4 Å². The van der Waals surface area contributed by atoms with Crippen molar-refractivity contribution in [2.24, 2.45) is 0 Å². The lowest BCUT2D eigenvalue weighted by atomic mass is 9.87. The van der Waals surface area contributed by atoms with Crippen LogP contribution in [0.15, 0.2) is 36.7 Å². The third-order valence-electron chi connectivity index (χ3n) is 4.13. The lowest BCUT2D eigenvalue weighted by Crippen LogP contribution is -2.21. The highest BCUT2D eigenvalue weighted by atomic mass is 16.1. The minimum absolute atomic E-state index is 0.0904. The van der Waals surface area contributed by atoms with Gasteiger partial charge in [0.15, 0.2) is 0 Å². The van der Waals surface area contributed by atoms with Crippen molar-refractivity contribution < 1.29 is 4.79 Å². The summed E-state index contributed by atoms with van der Waals surface area (Å²) in [7, 11) is 1.98. The Kier molecular flexibility index (Phi) is 6.12. The Morgan fingerprint density at radius 1 is 1.16 bits per heavy atom.